The Morgan fingerprint density at radius 3 is 2.47 bits per heavy atom. The Labute approximate surface area is 113 Å². The molecule has 1 aromatic carbocycles. The Morgan fingerprint density at radius 1 is 1.16 bits per heavy atom. The van der Waals surface area contributed by atoms with Gasteiger partial charge in [-0.05, 0) is 12.1 Å². The van der Waals surface area contributed by atoms with Gasteiger partial charge in [0.05, 0.1) is 32.3 Å². The lowest BCUT2D eigenvalue weighted by molar-refractivity contribution is -0.870. The van der Waals surface area contributed by atoms with Gasteiger partial charge in [-0.15, -0.1) is 0 Å². The van der Waals surface area contributed by atoms with Gasteiger partial charge in [-0.2, -0.15) is 0 Å². The number of hydrogen-bond acceptors (Lipinski definition) is 3. The van der Waals surface area contributed by atoms with Crippen molar-refractivity contribution in [2.45, 2.75) is 0 Å². The summed E-state index contributed by atoms with van der Waals surface area (Å²) in [4.78, 5) is 25.0. The monoisotopic (exact) mass is 263 g/mol. The van der Waals surface area contributed by atoms with Crippen molar-refractivity contribution in [3.8, 4) is 5.75 Å². The van der Waals surface area contributed by atoms with Gasteiger partial charge in [0, 0.05) is 7.05 Å². The Kier molecular flexibility index (Phi) is 3.32. The van der Waals surface area contributed by atoms with E-state index in [1.165, 1.54) is 7.05 Å². The molecule has 0 aliphatic carbocycles. The Hall–Kier alpha value is -1.88. The predicted molar refractivity (Wildman–Crippen MR) is 71.3 cm³/mol. The average molecular weight is 263 g/mol. The molecule has 0 spiro atoms. The molecule has 0 atom stereocenters. The van der Waals surface area contributed by atoms with Gasteiger partial charge in [0.2, 0.25) is 0 Å². The number of carbonyl (C=O) groups is 2. The molecule has 0 radical (unpaired) electrons. The van der Waals surface area contributed by atoms with Gasteiger partial charge in [0.1, 0.15) is 18.9 Å². The molecule has 1 aliphatic heterocycles. The van der Waals surface area contributed by atoms with Crippen LogP contribution in [0, 0.1) is 0 Å². The topological polar surface area (TPSA) is 46.6 Å². The molecule has 19 heavy (non-hydrogen) atoms. The molecule has 0 N–H and O–H groups in total. The third kappa shape index (κ3) is 2.61. The fraction of sp³-hybridized carbons (Fsp3) is 0.429. The number of imide groups is 1. The largest absolute Gasteiger partial charge is 0.487 e. The zero-order chi connectivity index (χ0) is 14.2. The van der Waals surface area contributed by atoms with Crippen LogP contribution in [0.3, 0.4) is 0 Å². The van der Waals surface area contributed by atoms with Crippen LogP contribution in [-0.2, 0) is 0 Å². The van der Waals surface area contributed by atoms with Crippen molar-refractivity contribution in [3.05, 3.63) is 29.3 Å². The molecule has 1 aliphatic rings. The fourth-order valence-corrected chi connectivity index (χ4v) is 1.92. The van der Waals surface area contributed by atoms with Crippen LogP contribution in [0.15, 0.2) is 18.2 Å². The second-order valence-electron chi connectivity index (χ2n) is 5.71. The highest BCUT2D eigenvalue weighted by Crippen LogP contribution is 2.30. The first-order valence-corrected chi connectivity index (χ1v) is 6.20. The van der Waals surface area contributed by atoms with Crippen molar-refractivity contribution in [2.75, 3.05) is 41.3 Å². The summed E-state index contributed by atoms with van der Waals surface area (Å²) in [6.45, 7) is 1.33. The number of benzene rings is 1. The lowest BCUT2D eigenvalue weighted by atomic mass is 10.1. The highest BCUT2D eigenvalue weighted by Gasteiger charge is 2.35. The van der Waals surface area contributed by atoms with Crippen molar-refractivity contribution in [3.63, 3.8) is 0 Å². The average Bonchev–Trinajstić information content (AvgIpc) is 2.54. The van der Waals surface area contributed by atoms with Gasteiger partial charge >= 0.3 is 0 Å². The molecule has 0 saturated heterocycles. The maximum absolute atomic E-state index is 12.0. The van der Waals surface area contributed by atoms with E-state index in [0.717, 1.165) is 15.9 Å². The molecule has 5 heteroatoms. The highest BCUT2D eigenvalue weighted by atomic mass is 16.5. The minimum Gasteiger partial charge on any atom is -0.487 e. The van der Waals surface area contributed by atoms with E-state index in [1.807, 2.05) is 0 Å². The zero-order valence-corrected chi connectivity index (χ0v) is 11.8. The van der Waals surface area contributed by atoms with E-state index in [2.05, 4.69) is 21.1 Å². The maximum Gasteiger partial charge on any atom is 0.265 e. The van der Waals surface area contributed by atoms with Crippen LogP contribution >= 0.6 is 0 Å². The molecule has 1 aromatic rings. The third-order valence-corrected chi connectivity index (χ3v) is 3.10. The Balaban J connectivity index is 2.21. The maximum atomic E-state index is 12.0. The minimum absolute atomic E-state index is 0.267. The van der Waals surface area contributed by atoms with Crippen molar-refractivity contribution < 1.29 is 18.8 Å². The zero-order valence-electron chi connectivity index (χ0n) is 11.8. The quantitative estimate of drug-likeness (QED) is 0.601. The van der Waals surface area contributed by atoms with Crippen LogP contribution < -0.4 is 4.74 Å². The molecular formula is C14H19N2O3+. The Morgan fingerprint density at radius 2 is 1.84 bits per heavy atom. The van der Waals surface area contributed by atoms with E-state index in [9.17, 15) is 9.59 Å². The second kappa shape index (κ2) is 4.66. The highest BCUT2D eigenvalue weighted by molar-refractivity contribution is 6.22. The molecule has 1 heterocycles. The summed E-state index contributed by atoms with van der Waals surface area (Å²) in [6, 6.07) is 5.13. The van der Waals surface area contributed by atoms with Gasteiger partial charge < -0.3 is 9.22 Å². The van der Waals surface area contributed by atoms with Crippen LogP contribution in [0.25, 0.3) is 0 Å². The molecule has 2 amide bonds. The molecule has 0 bridgehead atoms. The number of hydrogen-bond donors (Lipinski definition) is 0. The molecule has 0 fully saturated rings. The number of carbonyl (C=O) groups excluding carboxylic acids is 2. The van der Waals surface area contributed by atoms with E-state index in [1.54, 1.807) is 18.2 Å². The van der Waals surface area contributed by atoms with Gasteiger partial charge in [0.25, 0.3) is 11.8 Å². The molecule has 0 saturated carbocycles. The first kappa shape index (κ1) is 13.5. The first-order chi connectivity index (χ1) is 8.81. The van der Waals surface area contributed by atoms with Crippen LogP contribution in [0.1, 0.15) is 20.7 Å². The van der Waals surface area contributed by atoms with E-state index < -0.39 is 0 Å². The molecule has 0 unspecified atom stereocenters. The summed E-state index contributed by atoms with van der Waals surface area (Å²) < 4.78 is 6.46. The Bertz CT molecular complexity index is 532. The van der Waals surface area contributed by atoms with Gasteiger partial charge in [-0.25, -0.2) is 0 Å². The van der Waals surface area contributed by atoms with Gasteiger partial charge in [-0.3, -0.25) is 14.5 Å². The number of likely N-dealkylation sites (N-methyl/N-ethyl adjacent to an activating group) is 1. The van der Waals surface area contributed by atoms with Crippen LogP contribution in [0.2, 0.25) is 0 Å². The number of quaternary nitrogens is 1. The number of amides is 2. The normalized spacial score (nSPS) is 14.8. The number of nitrogens with zero attached hydrogens (tertiary/aromatic N) is 2. The number of rotatable bonds is 4. The summed E-state index contributed by atoms with van der Waals surface area (Å²) in [7, 11) is 7.70. The number of ether oxygens (including phenoxy) is 1. The van der Waals surface area contributed by atoms with Crippen molar-refractivity contribution in [1.29, 1.82) is 0 Å². The number of fused-ring (bicyclic) bond motifs is 1. The second-order valence-corrected chi connectivity index (χ2v) is 5.71. The summed E-state index contributed by atoms with van der Waals surface area (Å²) in [5.41, 5.74) is 0.812. The van der Waals surface area contributed by atoms with E-state index in [4.69, 9.17) is 4.74 Å². The van der Waals surface area contributed by atoms with Crippen molar-refractivity contribution >= 4 is 11.8 Å². The van der Waals surface area contributed by atoms with Crippen LogP contribution in [-0.4, -0.2) is 62.5 Å². The molecule has 5 nitrogen and oxygen atoms in total. The van der Waals surface area contributed by atoms with Gasteiger partial charge in [0.15, 0.2) is 0 Å². The van der Waals surface area contributed by atoms with Crippen LogP contribution in [0.5, 0.6) is 5.75 Å². The minimum atomic E-state index is -0.291. The molecule has 102 valence electrons. The van der Waals surface area contributed by atoms with Crippen molar-refractivity contribution in [1.82, 2.24) is 4.90 Å². The summed E-state index contributed by atoms with van der Waals surface area (Å²) >= 11 is 0. The SMILES string of the molecule is CN1C(=O)c2cccc(OCC[N+](C)(C)C)c2C1=O. The van der Waals surface area contributed by atoms with E-state index in [-0.39, 0.29) is 11.8 Å². The van der Waals surface area contributed by atoms with Gasteiger partial charge in [-0.1, -0.05) is 6.07 Å². The van der Waals surface area contributed by atoms with Crippen LogP contribution in [0.4, 0.5) is 0 Å². The molecule has 2 rings (SSSR count). The summed E-state index contributed by atoms with van der Waals surface area (Å²) in [6.07, 6.45) is 0. The van der Waals surface area contributed by atoms with Crippen molar-refractivity contribution in [2.24, 2.45) is 0 Å². The van der Waals surface area contributed by atoms with E-state index in [0.29, 0.717) is 23.5 Å². The predicted octanol–water partition coefficient (Wildman–Crippen LogP) is 0.997. The fourth-order valence-electron chi connectivity index (χ4n) is 1.92. The summed E-state index contributed by atoms with van der Waals surface area (Å²) in [5, 5.41) is 0. The van der Waals surface area contributed by atoms with E-state index >= 15 is 0 Å². The molecular weight excluding hydrogens is 244 g/mol. The third-order valence-electron chi connectivity index (χ3n) is 3.10. The lowest BCUT2D eigenvalue weighted by Crippen LogP contribution is -2.38. The first-order valence-electron chi connectivity index (χ1n) is 6.20. The smallest absolute Gasteiger partial charge is 0.265 e. The lowest BCUT2D eigenvalue weighted by Gasteiger charge is -2.23. The summed E-state index contributed by atoms with van der Waals surface area (Å²) in [5.74, 6) is -0.0634. The molecule has 0 aromatic heterocycles. The standard InChI is InChI=1S/C14H19N2O3/c1-15-13(17)10-6-5-7-11(12(10)14(15)18)19-9-8-16(2,3)4/h5-7H,8-9H2,1-4H3/q+1.